The number of nitrogens with zero attached hydrogens (tertiary/aromatic N) is 10. The Morgan fingerprint density at radius 2 is 1.21 bits per heavy atom. The SMILES string of the molecule is CCc1cccc(CCO)n1.CCc1cccc(CCOc2ccc3c(c2)CN(CCOCCN=[N+]=[N-])C(=O)[C@H](CC(=O)O)C3)n1.COC(=O)C[C@@H]1Cc2ccc(O)cc2CN(CCOCCN=[N+]=[N-])C1=O. The smallest absolute Gasteiger partial charge is 0.306 e. The topological polar surface area (TPSA) is 296 Å². The zero-order valence-corrected chi connectivity index (χ0v) is 41.3. The summed E-state index contributed by atoms with van der Waals surface area (Å²) in [4.78, 5) is 66.5. The van der Waals surface area contributed by atoms with E-state index in [0.29, 0.717) is 64.2 Å². The van der Waals surface area contributed by atoms with Crippen LogP contribution in [0.3, 0.4) is 0 Å². The van der Waals surface area contributed by atoms with Gasteiger partial charge in [0, 0.05) is 91.3 Å². The number of aliphatic carboxylic acids is 1. The molecule has 2 atom stereocenters. The number of carboxylic acid groups (broad SMARTS) is 1. The number of pyridine rings is 2. The molecule has 0 bridgehead atoms. The van der Waals surface area contributed by atoms with Gasteiger partial charge in [0.05, 0.1) is 64.8 Å². The fourth-order valence-corrected chi connectivity index (χ4v) is 7.95. The minimum absolute atomic E-state index is 0.00386. The van der Waals surface area contributed by atoms with Gasteiger partial charge >= 0.3 is 11.9 Å². The number of aliphatic hydroxyl groups is 1. The summed E-state index contributed by atoms with van der Waals surface area (Å²) >= 11 is 0. The van der Waals surface area contributed by atoms with E-state index in [1.165, 1.54) is 7.11 Å². The van der Waals surface area contributed by atoms with E-state index in [9.17, 15) is 29.4 Å². The average Bonchev–Trinajstić information content (AvgIpc) is 3.59. The Morgan fingerprint density at radius 3 is 1.72 bits per heavy atom. The van der Waals surface area contributed by atoms with E-state index in [2.05, 4.69) is 43.9 Å². The molecule has 72 heavy (non-hydrogen) atoms. The molecule has 4 heterocycles. The number of aryl methyl sites for hydroxylation is 2. The van der Waals surface area contributed by atoms with Crippen molar-refractivity contribution in [2.45, 2.75) is 78.3 Å². The Hall–Kier alpha value is -7.28. The van der Waals surface area contributed by atoms with E-state index in [-0.39, 0.29) is 76.5 Å². The van der Waals surface area contributed by atoms with Crippen LogP contribution in [0.2, 0.25) is 0 Å². The molecule has 6 rings (SSSR count). The van der Waals surface area contributed by atoms with Crippen molar-refractivity contribution in [3.63, 3.8) is 0 Å². The first-order valence-electron chi connectivity index (χ1n) is 24.0. The van der Waals surface area contributed by atoms with Crippen LogP contribution in [0, 0.1) is 11.8 Å². The number of ether oxygens (including phenoxy) is 4. The van der Waals surface area contributed by atoms with Gasteiger partial charge in [0.25, 0.3) is 0 Å². The minimum Gasteiger partial charge on any atom is -0.508 e. The van der Waals surface area contributed by atoms with Crippen molar-refractivity contribution in [1.29, 1.82) is 0 Å². The van der Waals surface area contributed by atoms with Gasteiger partial charge in [-0.1, -0.05) is 48.3 Å². The summed E-state index contributed by atoms with van der Waals surface area (Å²) in [5.74, 6) is -2.11. The molecule has 2 aliphatic heterocycles. The van der Waals surface area contributed by atoms with E-state index in [4.69, 9.17) is 35.1 Å². The number of rotatable bonds is 24. The number of esters is 1. The lowest BCUT2D eigenvalue weighted by molar-refractivity contribution is -0.147. The van der Waals surface area contributed by atoms with Gasteiger partial charge < -0.3 is 44.1 Å². The number of carboxylic acids is 1. The highest BCUT2D eigenvalue weighted by molar-refractivity contribution is 5.85. The molecule has 0 radical (unpaired) electrons. The number of phenolic OH excluding ortho intramolecular Hbond substituents is 1. The Balaban J connectivity index is 0.000000265. The average molecular weight is 995 g/mol. The zero-order chi connectivity index (χ0) is 52.1. The molecule has 21 nitrogen and oxygen atoms in total. The van der Waals surface area contributed by atoms with Crippen molar-refractivity contribution < 1.29 is 53.4 Å². The third kappa shape index (κ3) is 19.8. The first-order chi connectivity index (χ1) is 34.9. The maximum atomic E-state index is 13.1. The van der Waals surface area contributed by atoms with Crippen molar-refractivity contribution in [3.05, 3.63) is 139 Å². The normalized spacial score (nSPS) is 14.8. The molecule has 2 amide bonds. The summed E-state index contributed by atoms with van der Waals surface area (Å²) < 4.78 is 21.5. The summed E-state index contributed by atoms with van der Waals surface area (Å²) in [5.41, 5.74) is 24.3. The molecule has 0 saturated heterocycles. The largest absolute Gasteiger partial charge is 0.508 e. The molecule has 0 aliphatic carbocycles. The maximum Gasteiger partial charge on any atom is 0.306 e. The molecule has 4 aromatic rings. The number of carbonyl (C=O) groups excluding carboxylic acids is 3. The van der Waals surface area contributed by atoms with Crippen LogP contribution in [-0.4, -0.2) is 132 Å². The predicted octanol–water partition coefficient (Wildman–Crippen LogP) is 6.53. The molecular weight excluding hydrogens is 929 g/mol. The monoisotopic (exact) mass is 994 g/mol. The number of hydrogen-bond donors (Lipinski definition) is 3. The van der Waals surface area contributed by atoms with Crippen molar-refractivity contribution in [1.82, 2.24) is 19.8 Å². The van der Waals surface area contributed by atoms with E-state index in [0.717, 1.165) is 57.9 Å². The summed E-state index contributed by atoms with van der Waals surface area (Å²) in [6.07, 6.45) is 3.74. The Morgan fingerprint density at radius 1 is 0.694 bits per heavy atom. The molecular formula is C51H66N10O11. The van der Waals surface area contributed by atoms with E-state index >= 15 is 0 Å². The molecule has 2 aromatic carbocycles. The minimum atomic E-state index is -1.00. The van der Waals surface area contributed by atoms with Crippen LogP contribution in [0.5, 0.6) is 11.5 Å². The van der Waals surface area contributed by atoms with Gasteiger partial charge in [-0.15, -0.1) is 0 Å². The van der Waals surface area contributed by atoms with E-state index in [1.54, 1.807) is 28.0 Å². The summed E-state index contributed by atoms with van der Waals surface area (Å²) in [5, 5.41) is 34.5. The van der Waals surface area contributed by atoms with Gasteiger partial charge in [-0.2, -0.15) is 0 Å². The Kier molecular flexibility index (Phi) is 25.3. The number of hydrogen-bond acceptors (Lipinski definition) is 14. The Bertz CT molecular complexity index is 2480. The van der Waals surface area contributed by atoms with Crippen molar-refractivity contribution in [2.24, 2.45) is 22.1 Å². The molecule has 2 aromatic heterocycles. The highest BCUT2D eigenvalue weighted by atomic mass is 16.5. The van der Waals surface area contributed by atoms with E-state index in [1.807, 2.05) is 54.6 Å². The number of methoxy groups -OCH3 is 1. The highest BCUT2D eigenvalue weighted by Gasteiger charge is 2.33. The number of amides is 2. The lowest BCUT2D eigenvalue weighted by Gasteiger charge is -2.24. The van der Waals surface area contributed by atoms with Crippen molar-refractivity contribution >= 4 is 23.8 Å². The predicted molar refractivity (Wildman–Crippen MR) is 266 cm³/mol. The molecule has 0 spiro atoms. The van der Waals surface area contributed by atoms with Crippen LogP contribution >= 0.6 is 0 Å². The van der Waals surface area contributed by atoms with Gasteiger partial charge in [-0.25, -0.2) is 0 Å². The molecule has 0 fully saturated rings. The van der Waals surface area contributed by atoms with Crippen LogP contribution in [0.15, 0.2) is 83.0 Å². The summed E-state index contributed by atoms with van der Waals surface area (Å²) in [7, 11) is 1.30. The lowest BCUT2D eigenvalue weighted by atomic mass is 9.94. The van der Waals surface area contributed by atoms with Gasteiger partial charge in [-0.3, -0.25) is 29.1 Å². The molecule has 2 aliphatic rings. The van der Waals surface area contributed by atoms with Crippen LogP contribution in [0.25, 0.3) is 20.9 Å². The number of fused-ring (bicyclic) bond motifs is 2. The van der Waals surface area contributed by atoms with Gasteiger partial charge in [0.2, 0.25) is 11.8 Å². The third-order valence-corrected chi connectivity index (χ3v) is 11.7. The quantitative estimate of drug-likeness (QED) is 0.0221. The molecule has 3 N–H and O–H groups in total. The number of benzene rings is 2. The van der Waals surface area contributed by atoms with Crippen LogP contribution < -0.4 is 4.74 Å². The highest BCUT2D eigenvalue weighted by Crippen LogP contribution is 2.30. The first kappa shape index (κ1) is 57.3. The number of aliphatic hydroxyl groups excluding tert-OH is 1. The first-order valence-corrected chi connectivity index (χ1v) is 24.0. The van der Waals surface area contributed by atoms with Crippen molar-refractivity contribution in [2.75, 3.05) is 72.9 Å². The standard InChI is InChI=1S/C25H31N5O5.C17H22N4O5.C9H13NO/c1-2-21-4-3-5-22(28-21)8-11-35-23-7-6-18-14-19(16-24(31)32)25(33)30(17-20(18)15-23)10-13-34-12-9-27-29-26;1-25-16(23)10-13-8-12-2-3-15(22)9-14(12)11-21(17(13)24)5-7-26-6-4-19-20-18;1-2-8-4-3-5-9(10-8)6-7-11/h3-7,15,19H,2,8-14,16-17H2,1H3,(H,31,32);2-3,9,13,22H,4-8,10-11H2,1H3;3-5,11H,2,6-7H2,1H3/t19-;13-;/m00./s1. The van der Waals surface area contributed by atoms with Gasteiger partial charge in [0.1, 0.15) is 11.5 Å². The van der Waals surface area contributed by atoms with Gasteiger partial charge in [-0.05, 0) is 108 Å². The third-order valence-electron chi connectivity index (χ3n) is 11.7. The lowest BCUT2D eigenvalue weighted by Crippen LogP contribution is -2.38. The number of aromatic hydroxyl groups is 1. The number of carbonyl (C=O) groups is 4. The van der Waals surface area contributed by atoms with Crippen LogP contribution in [0.1, 0.15) is 71.7 Å². The maximum absolute atomic E-state index is 13.1. The van der Waals surface area contributed by atoms with E-state index < -0.39 is 23.8 Å². The summed E-state index contributed by atoms with van der Waals surface area (Å²) in [6.45, 7) is 7.66. The zero-order valence-electron chi connectivity index (χ0n) is 41.3. The number of aromatic nitrogens is 2. The second kappa shape index (κ2) is 31.8. The Labute approximate surface area is 419 Å². The molecule has 21 heteroatoms. The number of phenols is 1. The van der Waals surface area contributed by atoms with Crippen LogP contribution in [0.4, 0.5) is 0 Å². The van der Waals surface area contributed by atoms with Crippen molar-refractivity contribution in [3.8, 4) is 11.5 Å². The second-order valence-electron chi connectivity index (χ2n) is 16.7. The van der Waals surface area contributed by atoms with Gasteiger partial charge in [0.15, 0.2) is 0 Å². The molecule has 386 valence electrons. The molecule has 0 unspecified atom stereocenters. The fourth-order valence-electron chi connectivity index (χ4n) is 7.95. The summed E-state index contributed by atoms with van der Waals surface area (Å²) in [6, 6.07) is 22.6. The second-order valence-corrected chi connectivity index (χ2v) is 16.7. The fraction of sp³-hybridized carbons (Fsp3) is 0.490. The number of azide groups is 2. The van der Waals surface area contributed by atoms with Crippen LogP contribution in [-0.2, 0) is 85.0 Å². The molecule has 0 saturated carbocycles.